The van der Waals surface area contributed by atoms with Crippen molar-refractivity contribution in [3.8, 4) is 0 Å². The van der Waals surface area contributed by atoms with Gasteiger partial charge < -0.3 is 0 Å². The molecule has 0 heterocycles. The van der Waals surface area contributed by atoms with E-state index in [2.05, 4.69) is 49.1 Å². The molecule has 0 amide bonds. The summed E-state index contributed by atoms with van der Waals surface area (Å²) in [6.07, 6.45) is 8.23. The Hall–Kier alpha value is -0.820. The van der Waals surface area contributed by atoms with E-state index in [0.717, 1.165) is 0 Å². The number of hydrogen-bond acceptors (Lipinski definition) is 1. The Kier molecular flexibility index (Phi) is 4.82. The van der Waals surface area contributed by atoms with Crippen LogP contribution in [0.25, 0.3) is 0 Å². The summed E-state index contributed by atoms with van der Waals surface area (Å²) < 4.78 is 0. The smallest absolute Gasteiger partial charge is 0.0249 e. The summed E-state index contributed by atoms with van der Waals surface area (Å²) in [7, 11) is 0. The first-order chi connectivity index (χ1) is 8.80. The first kappa shape index (κ1) is 13.6. The van der Waals surface area contributed by atoms with E-state index >= 15 is 0 Å². The van der Waals surface area contributed by atoms with Crippen molar-refractivity contribution in [3.05, 3.63) is 35.9 Å². The van der Waals surface area contributed by atoms with Crippen molar-refractivity contribution >= 4 is 0 Å². The highest BCUT2D eigenvalue weighted by atomic mass is 15.2. The standard InChI is InChI=1S/C17H27N/c1-3-18(4-2)17(13-9-6-10-14-17)15-16-11-7-5-8-12-16/h5,7-8,11-12H,3-4,6,9-10,13-15H2,1-2H3. The summed E-state index contributed by atoms with van der Waals surface area (Å²) in [5, 5.41) is 0. The molecule has 1 saturated carbocycles. The molecule has 1 heteroatoms. The van der Waals surface area contributed by atoms with Gasteiger partial charge in [-0.1, -0.05) is 63.4 Å². The van der Waals surface area contributed by atoms with Crippen LogP contribution in [0.15, 0.2) is 30.3 Å². The molecule has 0 bridgehead atoms. The van der Waals surface area contributed by atoms with Crippen molar-refractivity contribution in [1.29, 1.82) is 0 Å². The van der Waals surface area contributed by atoms with Crippen molar-refractivity contribution in [2.45, 2.75) is 57.9 Å². The highest BCUT2D eigenvalue weighted by Gasteiger charge is 2.36. The van der Waals surface area contributed by atoms with E-state index in [1.165, 1.54) is 57.2 Å². The maximum Gasteiger partial charge on any atom is 0.0249 e. The van der Waals surface area contributed by atoms with E-state index in [4.69, 9.17) is 0 Å². The number of likely N-dealkylation sites (N-methyl/N-ethyl adjacent to an activating group) is 1. The molecule has 0 atom stereocenters. The summed E-state index contributed by atoms with van der Waals surface area (Å²) in [6, 6.07) is 11.1. The normalized spacial score (nSPS) is 19.1. The van der Waals surface area contributed by atoms with Gasteiger partial charge in [-0.15, -0.1) is 0 Å². The lowest BCUT2D eigenvalue weighted by atomic mass is 9.76. The zero-order chi connectivity index (χ0) is 12.8. The lowest BCUT2D eigenvalue weighted by molar-refractivity contribution is 0.0595. The molecule has 0 aliphatic heterocycles. The third-order valence-electron chi connectivity index (χ3n) is 4.59. The zero-order valence-electron chi connectivity index (χ0n) is 12.0. The van der Waals surface area contributed by atoms with Gasteiger partial charge >= 0.3 is 0 Å². The second kappa shape index (κ2) is 6.38. The minimum atomic E-state index is 0.434. The van der Waals surface area contributed by atoms with E-state index in [1.807, 2.05) is 0 Å². The lowest BCUT2D eigenvalue weighted by Crippen LogP contribution is -2.51. The first-order valence-corrected chi connectivity index (χ1v) is 7.60. The van der Waals surface area contributed by atoms with Gasteiger partial charge in [-0.25, -0.2) is 0 Å². The Morgan fingerprint density at radius 1 is 0.944 bits per heavy atom. The molecule has 1 nitrogen and oxygen atoms in total. The summed E-state index contributed by atoms with van der Waals surface area (Å²) in [6.45, 7) is 6.99. The second-order valence-electron chi connectivity index (χ2n) is 5.62. The molecule has 1 aliphatic carbocycles. The van der Waals surface area contributed by atoms with Crippen LogP contribution in [0.3, 0.4) is 0 Å². The number of rotatable bonds is 5. The predicted molar refractivity (Wildman–Crippen MR) is 78.9 cm³/mol. The monoisotopic (exact) mass is 245 g/mol. The molecule has 1 fully saturated rings. The van der Waals surface area contributed by atoms with Crippen molar-refractivity contribution in [3.63, 3.8) is 0 Å². The van der Waals surface area contributed by atoms with Crippen molar-refractivity contribution < 1.29 is 0 Å². The van der Waals surface area contributed by atoms with Gasteiger partial charge in [-0.05, 0) is 37.9 Å². The minimum Gasteiger partial charge on any atom is -0.298 e. The summed E-state index contributed by atoms with van der Waals surface area (Å²) >= 11 is 0. The summed E-state index contributed by atoms with van der Waals surface area (Å²) in [5.41, 5.74) is 1.94. The highest BCUT2D eigenvalue weighted by molar-refractivity contribution is 5.18. The van der Waals surface area contributed by atoms with Gasteiger partial charge in [-0.3, -0.25) is 4.90 Å². The minimum absolute atomic E-state index is 0.434. The lowest BCUT2D eigenvalue weighted by Gasteiger charge is -2.46. The van der Waals surface area contributed by atoms with Gasteiger partial charge in [0.15, 0.2) is 0 Å². The Morgan fingerprint density at radius 2 is 1.56 bits per heavy atom. The van der Waals surface area contributed by atoms with Crippen LogP contribution < -0.4 is 0 Å². The van der Waals surface area contributed by atoms with Gasteiger partial charge in [0.05, 0.1) is 0 Å². The van der Waals surface area contributed by atoms with Crippen LogP contribution in [0.1, 0.15) is 51.5 Å². The Balaban J connectivity index is 2.19. The van der Waals surface area contributed by atoms with Crippen LogP contribution in [-0.4, -0.2) is 23.5 Å². The molecule has 0 spiro atoms. The number of benzene rings is 1. The van der Waals surface area contributed by atoms with Gasteiger partial charge in [-0.2, -0.15) is 0 Å². The highest BCUT2D eigenvalue weighted by Crippen LogP contribution is 2.36. The van der Waals surface area contributed by atoms with E-state index < -0.39 is 0 Å². The molecular formula is C17H27N. The Morgan fingerprint density at radius 3 is 2.11 bits per heavy atom. The molecule has 0 aromatic heterocycles. The average Bonchev–Trinajstić information content (AvgIpc) is 2.42. The fraction of sp³-hybridized carbons (Fsp3) is 0.647. The molecule has 18 heavy (non-hydrogen) atoms. The van der Waals surface area contributed by atoms with E-state index in [-0.39, 0.29) is 0 Å². The fourth-order valence-electron chi connectivity index (χ4n) is 3.68. The maximum absolute atomic E-state index is 2.71. The number of hydrogen-bond donors (Lipinski definition) is 0. The topological polar surface area (TPSA) is 3.24 Å². The van der Waals surface area contributed by atoms with Gasteiger partial charge in [0.2, 0.25) is 0 Å². The second-order valence-corrected chi connectivity index (χ2v) is 5.62. The maximum atomic E-state index is 2.71. The molecule has 0 unspecified atom stereocenters. The van der Waals surface area contributed by atoms with Crippen molar-refractivity contribution in [2.24, 2.45) is 0 Å². The van der Waals surface area contributed by atoms with Crippen LogP contribution >= 0.6 is 0 Å². The number of nitrogens with zero attached hydrogens (tertiary/aromatic N) is 1. The van der Waals surface area contributed by atoms with E-state index in [0.29, 0.717) is 5.54 Å². The van der Waals surface area contributed by atoms with Crippen LogP contribution in [0.4, 0.5) is 0 Å². The quantitative estimate of drug-likeness (QED) is 0.748. The molecule has 2 rings (SSSR count). The molecule has 100 valence electrons. The summed E-state index contributed by atoms with van der Waals surface area (Å²) in [5.74, 6) is 0. The Bertz CT molecular complexity index is 334. The molecule has 1 aromatic carbocycles. The predicted octanol–water partition coefficient (Wildman–Crippen LogP) is 4.27. The molecule has 1 aliphatic rings. The van der Waals surface area contributed by atoms with Crippen molar-refractivity contribution in [1.82, 2.24) is 4.90 Å². The zero-order valence-corrected chi connectivity index (χ0v) is 12.0. The summed E-state index contributed by atoms with van der Waals surface area (Å²) in [4.78, 5) is 2.71. The molecule has 1 aromatic rings. The van der Waals surface area contributed by atoms with E-state index in [9.17, 15) is 0 Å². The third-order valence-corrected chi connectivity index (χ3v) is 4.59. The molecule has 0 saturated heterocycles. The van der Waals surface area contributed by atoms with E-state index in [1.54, 1.807) is 0 Å². The fourth-order valence-corrected chi connectivity index (χ4v) is 3.68. The van der Waals surface area contributed by atoms with Gasteiger partial charge in [0, 0.05) is 5.54 Å². The molecular weight excluding hydrogens is 218 g/mol. The van der Waals surface area contributed by atoms with Gasteiger partial charge in [0.25, 0.3) is 0 Å². The largest absolute Gasteiger partial charge is 0.298 e. The Labute approximate surface area is 112 Å². The van der Waals surface area contributed by atoms with Crippen LogP contribution in [-0.2, 0) is 6.42 Å². The van der Waals surface area contributed by atoms with Crippen molar-refractivity contribution in [2.75, 3.05) is 13.1 Å². The SMILES string of the molecule is CCN(CC)C1(Cc2ccccc2)CCCCC1. The first-order valence-electron chi connectivity index (χ1n) is 7.60. The molecule has 0 N–H and O–H groups in total. The van der Waals surface area contributed by atoms with Crippen LogP contribution in [0.5, 0.6) is 0 Å². The third kappa shape index (κ3) is 2.95. The average molecular weight is 245 g/mol. The van der Waals surface area contributed by atoms with Crippen LogP contribution in [0.2, 0.25) is 0 Å². The van der Waals surface area contributed by atoms with Gasteiger partial charge in [0.1, 0.15) is 0 Å². The van der Waals surface area contributed by atoms with Crippen LogP contribution in [0, 0.1) is 0 Å². The molecule has 0 radical (unpaired) electrons.